The van der Waals surface area contributed by atoms with E-state index in [-0.39, 0.29) is 24.4 Å². The Kier molecular flexibility index (Phi) is 6.28. The molecule has 0 bridgehead atoms. The largest absolute Gasteiger partial charge is 0.484 e. The summed E-state index contributed by atoms with van der Waals surface area (Å²) in [5, 5.41) is 2.93. The van der Waals surface area contributed by atoms with E-state index >= 15 is 0 Å². The maximum Gasteiger partial charge on any atom is 0.258 e. The van der Waals surface area contributed by atoms with Crippen LogP contribution < -0.4 is 10.1 Å². The molecule has 1 aromatic heterocycles. The lowest BCUT2D eigenvalue weighted by molar-refractivity contribution is -0.123. The second kappa shape index (κ2) is 8.85. The summed E-state index contributed by atoms with van der Waals surface area (Å²) in [6, 6.07) is 9.58. The van der Waals surface area contributed by atoms with Crippen molar-refractivity contribution in [3.8, 4) is 5.75 Å². The molecule has 1 atom stereocenters. The minimum Gasteiger partial charge on any atom is -0.484 e. The van der Waals surface area contributed by atoms with Crippen molar-refractivity contribution < 1.29 is 18.3 Å². The van der Waals surface area contributed by atoms with Crippen LogP contribution in [0, 0.1) is 12.7 Å². The number of benzene rings is 1. The number of hydrogen-bond acceptors (Lipinski definition) is 4. The number of furan rings is 1. The third kappa shape index (κ3) is 5.08. The number of hydrogen-bond donors (Lipinski definition) is 1. The van der Waals surface area contributed by atoms with Crippen LogP contribution in [0.2, 0.25) is 0 Å². The van der Waals surface area contributed by atoms with E-state index in [1.807, 2.05) is 19.1 Å². The lowest BCUT2D eigenvalue weighted by Crippen LogP contribution is -2.41. The molecular weight excluding hydrogens is 335 g/mol. The van der Waals surface area contributed by atoms with Gasteiger partial charge in [-0.2, -0.15) is 0 Å². The van der Waals surface area contributed by atoms with Crippen molar-refractivity contribution in [1.82, 2.24) is 10.2 Å². The number of amides is 1. The number of carbonyl (C=O) groups excluding carboxylic acids is 1. The fourth-order valence-electron chi connectivity index (χ4n) is 3.21. The summed E-state index contributed by atoms with van der Waals surface area (Å²) in [5.41, 5.74) is 0. The highest BCUT2D eigenvalue weighted by molar-refractivity contribution is 5.77. The SMILES string of the molecule is Cc1ccc(C(CNC(=O)COc2ccc(F)cc2)N2CCCCC2)o1. The average Bonchev–Trinajstić information content (AvgIpc) is 3.08. The highest BCUT2D eigenvalue weighted by Crippen LogP contribution is 2.25. The highest BCUT2D eigenvalue weighted by Gasteiger charge is 2.25. The molecule has 26 heavy (non-hydrogen) atoms. The molecule has 1 aromatic carbocycles. The first kappa shape index (κ1) is 18.5. The first-order chi connectivity index (χ1) is 12.6. The minimum absolute atomic E-state index is 0.0266. The number of nitrogens with one attached hydrogen (secondary N) is 1. The zero-order valence-corrected chi connectivity index (χ0v) is 15.0. The van der Waals surface area contributed by atoms with E-state index in [9.17, 15) is 9.18 Å². The van der Waals surface area contributed by atoms with Crippen LogP contribution in [-0.2, 0) is 4.79 Å². The molecule has 1 aliphatic heterocycles. The van der Waals surface area contributed by atoms with Crippen LogP contribution in [-0.4, -0.2) is 37.0 Å². The third-order valence-electron chi connectivity index (χ3n) is 4.60. The fourth-order valence-corrected chi connectivity index (χ4v) is 3.21. The van der Waals surface area contributed by atoms with Crippen LogP contribution in [0.5, 0.6) is 5.75 Å². The standard InChI is InChI=1S/C20H25FN2O3/c1-15-5-10-19(26-15)18(23-11-3-2-4-12-23)13-22-20(24)14-25-17-8-6-16(21)7-9-17/h5-10,18H,2-4,11-14H2,1H3,(H,22,24). The second-order valence-corrected chi connectivity index (χ2v) is 6.61. The predicted octanol–water partition coefficient (Wildman–Crippen LogP) is 3.45. The molecule has 5 nitrogen and oxygen atoms in total. The summed E-state index contributed by atoms with van der Waals surface area (Å²) in [7, 11) is 0. The molecule has 3 rings (SSSR count). The summed E-state index contributed by atoms with van der Waals surface area (Å²) in [4.78, 5) is 14.5. The molecule has 0 radical (unpaired) electrons. The van der Waals surface area contributed by atoms with Crippen molar-refractivity contribution in [3.05, 3.63) is 53.7 Å². The first-order valence-corrected chi connectivity index (χ1v) is 9.07. The molecule has 0 spiro atoms. The predicted molar refractivity (Wildman–Crippen MR) is 96.5 cm³/mol. The van der Waals surface area contributed by atoms with Crippen LogP contribution in [0.3, 0.4) is 0 Å². The van der Waals surface area contributed by atoms with Crippen LogP contribution in [0.1, 0.15) is 36.8 Å². The summed E-state index contributed by atoms with van der Waals surface area (Å²) < 4.78 is 24.1. The molecule has 140 valence electrons. The Labute approximate surface area is 153 Å². The number of rotatable bonds is 7. The monoisotopic (exact) mass is 360 g/mol. The molecular formula is C20H25FN2O3. The Morgan fingerprint density at radius 3 is 2.58 bits per heavy atom. The van der Waals surface area contributed by atoms with E-state index in [4.69, 9.17) is 9.15 Å². The molecule has 1 N–H and O–H groups in total. The van der Waals surface area contributed by atoms with E-state index < -0.39 is 0 Å². The van der Waals surface area contributed by atoms with Crippen molar-refractivity contribution in [2.24, 2.45) is 0 Å². The van der Waals surface area contributed by atoms with Gasteiger partial charge in [0.05, 0.1) is 6.04 Å². The van der Waals surface area contributed by atoms with Gasteiger partial charge in [0.2, 0.25) is 0 Å². The lowest BCUT2D eigenvalue weighted by Gasteiger charge is -2.33. The Balaban J connectivity index is 1.54. The number of carbonyl (C=O) groups is 1. The highest BCUT2D eigenvalue weighted by atomic mass is 19.1. The lowest BCUT2D eigenvalue weighted by atomic mass is 10.1. The van der Waals surface area contributed by atoms with Gasteiger partial charge in [-0.15, -0.1) is 0 Å². The number of ether oxygens (including phenoxy) is 1. The molecule has 0 saturated carbocycles. The molecule has 1 aliphatic rings. The van der Waals surface area contributed by atoms with Crippen LogP contribution in [0.25, 0.3) is 0 Å². The first-order valence-electron chi connectivity index (χ1n) is 9.07. The summed E-state index contributed by atoms with van der Waals surface area (Å²) >= 11 is 0. The smallest absolute Gasteiger partial charge is 0.258 e. The number of nitrogens with zero attached hydrogens (tertiary/aromatic N) is 1. The molecule has 1 saturated heterocycles. The van der Waals surface area contributed by atoms with E-state index in [1.54, 1.807) is 0 Å². The van der Waals surface area contributed by atoms with Crippen molar-refractivity contribution in [2.45, 2.75) is 32.2 Å². The van der Waals surface area contributed by atoms with Gasteiger partial charge in [-0.05, 0) is 69.3 Å². The number of likely N-dealkylation sites (tertiary alicyclic amines) is 1. The van der Waals surface area contributed by atoms with Gasteiger partial charge < -0.3 is 14.5 Å². The second-order valence-electron chi connectivity index (χ2n) is 6.61. The zero-order chi connectivity index (χ0) is 18.4. The number of piperidine rings is 1. The van der Waals surface area contributed by atoms with Gasteiger partial charge >= 0.3 is 0 Å². The van der Waals surface area contributed by atoms with Gasteiger partial charge in [0.25, 0.3) is 5.91 Å². The summed E-state index contributed by atoms with van der Waals surface area (Å²) in [5.74, 6) is 1.67. The van der Waals surface area contributed by atoms with Crippen molar-refractivity contribution in [3.63, 3.8) is 0 Å². The molecule has 0 aliphatic carbocycles. The molecule has 6 heteroatoms. The number of halogens is 1. The molecule has 2 heterocycles. The van der Waals surface area contributed by atoms with Gasteiger partial charge in [0.15, 0.2) is 6.61 Å². The average molecular weight is 360 g/mol. The van der Waals surface area contributed by atoms with Gasteiger partial charge in [-0.3, -0.25) is 9.69 Å². The Morgan fingerprint density at radius 1 is 1.19 bits per heavy atom. The van der Waals surface area contributed by atoms with E-state index in [1.165, 1.54) is 30.7 Å². The summed E-state index contributed by atoms with van der Waals surface area (Å²) in [6.45, 7) is 4.30. The molecule has 1 fully saturated rings. The Morgan fingerprint density at radius 2 is 1.92 bits per heavy atom. The van der Waals surface area contributed by atoms with Gasteiger partial charge in [-0.1, -0.05) is 6.42 Å². The zero-order valence-electron chi connectivity index (χ0n) is 15.0. The molecule has 2 aromatic rings. The van der Waals surface area contributed by atoms with E-state index in [0.29, 0.717) is 12.3 Å². The third-order valence-corrected chi connectivity index (χ3v) is 4.60. The van der Waals surface area contributed by atoms with Crippen LogP contribution >= 0.6 is 0 Å². The topological polar surface area (TPSA) is 54.7 Å². The van der Waals surface area contributed by atoms with Gasteiger partial charge in [0, 0.05) is 6.54 Å². The van der Waals surface area contributed by atoms with Crippen molar-refractivity contribution in [1.29, 1.82) is 0 Å². The Bertz CT molecular complexity index is 708. The molecule has 1 amide bonds. The maximum atomic E-state index is 12.9. The van der Waals surface area contributed by atoms with Crippen LogP contribution in [0.15, 0.2) is 40.8 Å². The molecule has 1 unspecified atom stereocenters. The van der Waals surface area contributed by atoms with Gasteiger partial charge in [0.1, 0.15) is 23.1 Å². The van der Waals surface area contributed by atoms with Crippen molar-refractivity contribution >= 4 is 5.91 Å². The van der Waals surface area contributed by atoms with Crippen molar-refractivity contribution in [2.75, 3.05) is 26.2 Å². The maximum absolute atomic E-state index is 12.9. The number of aryl methyl sites for hydroxylation is 1. The minimum atomic E-state index is -0.333. The van der Waals surface area contributed by atoms with E-state index in [2.05, 4.69) is 10.2 Å². The summed E-state index contributed by atoms with van der Waals surface area (Å²) in [6.07, 6.45) is 3.58. The normalized spacial score (nSPS) is 16.2. The van der Waals surface area contributed by atoms with Gasteiger partial charge in [-0.25, -0.2) is 4.39 Å². The van der Waals surface area contributed by atoms with Crippen LogP contribution in [0.4, 0.5) is 4.39 Å². The quantitative estimate of drug-likeness (QED) is 0.822. The fraction of sp³-hybridized carbons (Fsp3) is 0.450. The van der Waals surface area contributed by atoms with E-state index in [0.717, 1.165) is 37.5 Å². The Hall–Kier alpha value is -2.34.